The fraction of sp³-hybridized carbons (Fsp3) is 0.409. The molecule has 0 saturated heterocycles. The van der Waals surface area contributed by atoms with Crippen LogP contribution in [0.1, 0.15) is 19.4 Å². The number of nitrogens with zero attached hydrogens (tertiary/aromatic N) is 1. The average molecular weight is 529 g/mol. The maximum absolute atomic E-state index is 5.93. The predicted molar refractivity (Wildman–Crippen MR) is 131 cm³/mol. The first-order valence-corrected chi connectivity index (χ1v) is 9.64. The number of benzene rings is 2. The van der Waals surface area contributed by atoms with Crippen LogP contribution in [-0.4, -0.2) is 46.5 Å². The molecule has 2 aromatic carbocycles. The number of methoxy groups -OCH3 is 2. The van der Waals surface area contributed by atoms with Gasteiger partial charge in [-0.2, -0.15) is 0 Å². The maximum atomic E-state index is 5.93. The summed E-state index contributed by atoms with van der Waals surface area (Å²) >= 11 is 0. The van der Waals surface area contributed by atoms with Gasteiger partial charge >= 0.3 is 0 Å². The lowest BCUT2D eigenvalue weighted by molar-refractivity contribution is 0.223. The summed E-state index contributed by atoms with van der Waals surface area (Å²) in [4.78, 5) is 4.26. The van der Waals surface area contributed by atoms with Crippen LogP contribution in [0.5, 0.6) is 23.0 Å². The van der Waals surface area contributed by atoms with Crippen LogP contribution in [0.2, 0.25) is 0 Å². The summed E-state index contributed by atoms with van der Waals surface area (Å²) in [6.07, 6.45) is -0.0498. The highest BCUT2D eigenvalue weighted by atomic mass is 127. The molecule has 1 unspecified atom stereocenters. The second kappa shape index (κ2) is 13.8. The van der Waals surface area contributed by atoms with E-state index >= 15 is 0 Å². The van der Waals surface area contributed by atoms with Crippen molar-refractivity contribution in [2.24, 2.45) is 4.99 Å². The minimum absolute atomic E-state index is 0. The topological polar surface area (TPSA) is 73.3 Å². The lowest BCUT2D eigenvalue weighted by Gasteiger charge is -2.18. The Labute approximate surface area is 196 Å². The minimum atomic E-state index is -0.0498. The highest BCUT2D eigenvalue weighted by molar-refractivity contribution is 14.0. The van der Waals surface area contributed by atoms with Gasteiger partial charge in [0.15, 0.2) is 17.5 Å². The zero-order valence-corrected chi connectivity index (χ0v) is 20.6. The van der Waals surface area contributed by atoms with Crippen LogP contribution >= 0.6 is 24.0 Å². The Bertz CT molecular complexity index is 802. The first-order valence-electron chi connectivity index (χ1n) is 9.64. The minimum Gasteiger partial charge on any atom is -0.497 e. The second-order valence-corrected chi connectivity index (χ2v) is 6.33. The van der Waals surface area contributed by atoms with Crippen LogP contribution < -0.4 is 29.6 Å². The zero-order chi connectivity index (χ0) is 21.1. The van der Waals surface area contributed by atoms with Gasteiger partial charge in [0.05, 0.1) is 27.4 Å². The van der Waals surface area contributed by atoms with Gasteiger partial charge in [0.1, 0.15) is 17.6 Å². The molecule has 0 bridgehead atoms. The number of ether oxygens (including phenoxy) is 4. The third-order valence-electron chi connectivity index (χ3n) is 4.15. The number of nitrogens with one attached hydrogen (secondary N) is 2. The Morgan fingerprint density at radius 2 is 1.77 bits per heavy atom. The Balaban J connectivity index is 0.00000450. The first-order chi connectivity index (χ1) is 14.1. The van der Waals surface area contributed by atoms with Crippen LogP contribution in [0.15, 0.2) is 47.5 Å². The standard InChI is InChI=1S/C22H31N3O4.HI/c1-6-28-20-11-10-17(12-21(20)27-5)15-25-22(23-3)24-14-16(2)29-19-9-7-8-18(13-19)26-4;/h7-13,16H,6,14-15H2,1-5H3,(H2,23,24,25);1H. The van der Waals surface area contributed by atoms with E-state index in [9.17, 15) is 0 Å². The molecule has 0 aliphatic rings. The van der Waals surface area contributed by atoms with Crippen molar-refractivity contribution < 1.29 is 18.9 Å². The van der Waals surface area contributed by atoms with Gasteiger partial charge in [0.2, 0.25) is 0 Å². The molecule has 2 rings (SSSR count). The Morgan fingerprint density at radius 1 is 1.00 bits per heavy atom. The molecule has 0 spiro atoms. The molecule has 0 amide bonds. The van der Waals surface area contributed by atoms with Crippen LogP contribution in [0.3, 0.4) is 0 Å². The van der Waals surface area contributed by atoms with Crippen molar-refractivity contribution in [3.8, 4) is 23.0 Å². The summed E-state index contributed by atoms with van der Waals surface area (Å²) in [6.45, 7) is 5.75. The van der Waals surface area contributed by atoms with E-state index in [0.29, 0.717) is 25.7 Å². The molecule has 2 aromatic rings. The molecule has 0 heterocycles. The van der Waals surface area contributed by atoms with Gasteiger partial charge in [0, 0.05) is 19.7 Å². The van der Waals surface area contributed by atoms with Crippen molar-refractivity contribution in [2.75, 3.05) is 34.4 Å². The number of aliphatic imine (C=N–C) groups is 1. The van der Waals surface area contributed by atoms with Gasteiger partial charge in [0.25, 0.3) is 0 Å². The van der Waals surface area contributed by atoms with Gasteiger partial charge in [-0.3, -0.25) is 4.99 Å². The summed E-state index contributed by atoms with van der Waals surface area (Å²) in [5.41, 5.74) is 1.06. The van der Waals surface area contributed by atoms with Gasteiger partial charge in [-0.05, 0) is 43.7 Å². The maximum Gasteiger partial charge on any atom is 0.191 e. The SMILES string of the molecule is CCOc1ccc(CNC(=NC)NCC(C)Oc2cccc(OC)c2)cc1OC.I. The molecule has 2 N–H and O–H groups in total. The predicted octanol–water partition coefficient (Wildman–Crippen LogP) is 3.85. The van der Waals surface area contributed by atoms with E-state index in [-0.39, 0.29) is 30.1 Å². The number of guanidine groups is 1. The lowest BCUT2D eigenvalue weighted by atomic mass is 10.2. The Morgan fingerprint density at radius 3 is 2.43 bits per heavy atom. The largest absolute Gasteiger partial charge is 0.497 e. The zero-order valence-electron chi connectivity index (χ0n) is 18.2. The van der Waals surface area contributed by atoms with Gasteiger partial charge < -0.3 is 29.6 Å². The molecule has 8 heteroatoms. The molecule has 30 heavy (non-hydrogen) atoms. The molecule has 166 valence electrons. The van der Waals surface area contributed by atoms with E-state index in [4.69, 9.17) is 18.9 Å². The van der Waals surface area contributed by atoms with Crippen LogP contribution in [0, 0.1) is 0 Å². The van der Waals surface area contributed by atoms with Crippen molar-refractivity contribution in [3.63, 3.8) is 0 Å². The number of halogens is 1. The van der Waals surface area contributed by atoms with Crippen LogP contribution in [-0.2, 0) is 6.54 Å². The molecule has 0 aliphatic carbocycles. The summed E-state index contributed by atoms with van der Waals surface area (Å²) in [6, 6.07) is 13.4. The van der Waals surface area contributed by atoms with Crippen molar-refractivity contribution in [1.29, 1.82) is 0 Å². The van der Waals surface area contributed by atoms with Gasteiger partial charge in [-0.1, -0.05) is 12.1 Å². The van der Waals surface area contributed by atoms with E-state index in [1.54, 1.807) is 21.3 Å². The monoisotopic (exact) mass is 529 g/mol. The Hall–Kier alpha value is -2.36. The number of hydrogen-bond donors (Lipinski definition) is 2. The molecule has 1 atom stereocenters. The first kappa shape index (κ1) is 25.7. The van der Waals surface area contributed by atoms with Crippen molar-refractivity contribution in [1.82, 2.24) is 10.6 Å². The molecule has 0 aromatic heterocycles. The summed E-state index contributed by atoms with van der Waals surface area (Å²) in [5, 5.41) is 6.57. The quantitative estimate of drug-likeness (QED) is 0.277. The highest BCUT2D eigenvalue weighted by Crippen LogP contribution is 2.28. The molecular weight excluding hydrogens is 497 g/mol. The van der Waals surface area contributed by atoms with Crippen molar-refractivity contribution >= 4 is 29.9 Å². The van der Waals surface area contributed by atoms with Crippen LogP contribution in [0.25, 0.3) is 0 Å². The fourth-order valence-corrected chi connectivity index (χ4v) is 2.69. The van der Waals surface area contributed by atoms with E-state index in [1.165, 1.54) is 0 Å². The molecule has 0 radical (unpaired) electrons. The van der Waals surface area contributed by atoms with Crippen molar-refractivity contribution in [3.05, 3.63) is 48.0 Å². The smallest absolute Gasteiger partial charge is 0.191 e. The summed E-state index contributed by atoms with van der Waals surface area (Å²) in [7, 11) is 5.01. The van der Waals surface area contributed by atoms with E-state index in [0.717, 1.165) is 28.6 Å². The molecule has 7 nitrogen and oxygen atoms in total. The van der Waals surface area contributed by atoms with E-state index < -0.39 is 0 Å². The highest BCUT2D eigenvalue weighted by Gasteiger charge is 2.08. The number of rotatable bonds is 10. The fourth-order valence-electron chi connectivity index (χ4n) is 2.69. The van der Waals surface area contributed by atoms with E-state index in [1.807, 2.05) is 56.3 Å². The lowest BCUT2D eigenvalue weighted by Crippen LogP contribution is -2.41. The normalized spacial score (nSPS) is 11.7. The average Bonchev–Trinajstić information content (AvgIpc) is 2.75. The Kier molecular flexibility index (Phi) is 11.8. The summed E-state index contributed by atoms with van der Waals surface area (Å²) < 4.78 is 22.1. The van der Waals surface area contributed by atoms with Crippen molar-refractivity contribution in [2.45, 2.75) is 26.5 Å². The third-order valence-corrected chi connectivity index (χ3v) is 4.15. The molecular formula is C22H32IN3O4. The molecule has 0 aliphatic heterocycles. The summed E-state index contributed by atoms with van der Waals surface area (Å²) in [5.74, 6) is 3.69. The van der Waals surface area contributed by atoms with E-state index in [2.05, 4.69) is 15.6 Å². The van der Waals surface area contributed by atoms with Crippen LogP contribution in [0.4, 0.5) is 0 Å². The molecule has 0 fully saturated rings. The van der Waals surface area contributed by atoms with Gasteiger partial charge in [-0.15, -0.1) is 24.0 Å². The number of hydrogen-bond acceptors (Lipinski definition) is 5. The molecule has 0 saturated carbocycles. The third kappa shape index (κ3) is 8.17. The van der Waals surface area contributed by atoms with Gasteiger partial charge in [-0.25, -0.2) is 0 Å². The second-order valence-electron chi connectivity index (χ2n) is 6.33.